The predicted octanol–water partition coefficient (Wildman–Crippen LogP) is 4.73. The lowest BCUT2D eigenvalue weighted by Crippen LogP contribution is -2.29. The van der Waals surface area contributed by atoms with Crippen LogP contribution in [0.4, 0.5) is 0 Å². The van der Waals surface area contributed by atoms with E-state index in [1.165, 1.54) is 11.1 Å². The van der Waals surface area contributed by atoms with Crippen LogP contribution in [0, 0.1) is 6.92 Å². The summed E-state index contributed by atoms with van der Waals surface area (Å²) in [5, 5.41) is 13.5. The molecule has 6 nitrogen and oxygen atoms in total. The highest BCUT2D eigenvalue weighted by Crippen LogP contribution is 2.29. The molecule has 2 heterocycles. The number of nitrogens with one attached hydrogen (secondary N) is 1. The number of hydrogen-bond donors (Lipinski definition) is 1. The van der Waals surface area contributed by atoms with Gasteiger partial charge >= 0.3 is 0 Å². The summed E-state index contributed by atoms with van der Waals surface area (Å²) in [7, 11) is 0. The third-order valence-corrected chi connectivity index (χ3v) is 5.94. The summed E-state index contributed by atoms with van der Waals surface area (Å²) in [5.41, 5.74) is 5.19. The molecule has 1 N–H and O–H groups in total. The Bertz CT molecular complexity index is 1200. The summed E-state index contributed by atoms with van der Waals surface area (Å²) >= 11 is 1.55. The van der Waals surface area contributed by atoms with Crippen LogP contribution in [0.2, 0.25) is 0 Å². The molecule has 1 amide bonds. The van der Waals surface area contributed by atoms with E-state index in [9.17, 15) is 4.79 Å². The number of aromatic nitrogens is 4. The van der Waals surface area contributed by atoms with Gasteiger partial charge in [0.15, 0.2) is 5.65 Å². The van der Waals surface area contributed by atoms with Crippen LogP contribution in [-0.2, 0) is 11.3 Å². The molecule has 0 spiro atoms. The highest BCUT2D eigenvalue weighted by atomic mass is 32.2. The van der Waals surface area contributed by atoms with Gasteiger partial charge in [-0.05, 0) is 44.9 Å². The van der Waals surface area contributed by atoms with Crippen molar-refractivity contribution in [1.29, 1.82) is 0 Å². The first-order valence-electron chi connectivity index (χ1n) is 10.6. The molecule has 4 aromatic rings. The number of rotatable bonds is 8. The number of amides is 1. The van der Waals surface area contributed by atoms with Gasteiger partial charge in [-0.15, -0.1) is 10.2 Å². The van der Waals surface area contributed by atoms with E-state index >= 15 is 0 Å². The van der Waals surface area contributed by atoms with E-state index in [4.69, 9.17) is 4.98 Å². The van der Waals surface area contributed by atoms with Crippen molar-refractivity contribution in [3.05, 3.63) is 59.7 Å². The monoisotopic (exact) mass is 433 g/mol. The van der Waals surface area contributed by atoms with Crippen molar-refractivity contribution in [1.82, 2.24) is 25.1 Å². The second-order valence-electron chi connectivity index (χ2n) is 8.03. The fourth-order valence-electron chi connectivity index (χ4n) is 3.63. The van der Waals surface area contributed by atoms with Crippen LogP contribution < -0.4 is 5.32 Å². The van der Waals surface area contributed by atoms with Crippen molar-refractivity contribution in [2.24, 2.45) is 0 Å². The number of aryl methyl sites for hydroxylation is 1. The molecule has 2 aromatic heterocycles. The van der Waals surface area contributed by atoms with Crippen molar-refractivity contribution in [2.45, 2.75) is 51.4 Å². The van der Waals surface area contributed by atoms with Gasteiger partial charge in [0, 0.05) is 30.1 Å². The summed E-state index contributed by atoms with van der Waals surface area (Å²) in [4.78, 5) is 16.7. The molecule has 2 aromatic carbocycles. The molecule has 7 heteroatoms. The Morgan fingerprint density at radius 1 is 1.13 bits per heavy atom. The van der Waals surface area contributed by atoms with E-state index < -0.39 is 0 Å². The van der Waals surface area contributed by atoms with E-state index in [0.717, 1.165) is 40.8 Å². The van der Waals surface area contributed by atoms with E-state index in [1.54, 1.807) is 11.8 Å². The maximum absolute atomic E-state index is 11.8. The molecule has 0 fully saturated rings. The van der Waals surface area contributed by atoms with Gasteiger partial charge in [0.2, 0.25) is 11.1 Å². The van der Waals surface area contributed by atoms with Crippen molar-refractivity contribution in [2.75, 3.05) is 5.75 Å². The van der Waals surface area contributed by atoms with Crippen LogP contribution in [0.5, 0.6) is 0 Å². The zero-order valence-electron chi connectivity index (χ0n) is 18.1. The average molecular weight is 434 g/mol. The number of hydrogen-bond acceptors (Lipinski definition) is 5. The first kappa shape index (κ1) is 21.3. The Hall–Kier alpha value is -2.93. The topological polar surface area (TPSA) is 72.7 Å². The maximum Gasteiger partial charge on any atom is 0.220 e. The highest BCUT2D eigenvalue weighted by molar-refractivity contribution is 7.99. The zero-order valence-corrected chi connectivity index (χ0v) is 18.9. The van der Waals surface area contributed by atoms with Gasteiger partial charge in [0.1, 0.15) is 5.52 Å². The van der Waals surface area contributed by atoms with Gasteiger partial charge in [-0.25, -0.2) is 4.98 Å². The molecule has 4 rings (SSSR count). The van der Waals surface area contributed by atoms with Crippen molar-refractivity contribution in [3.8, 4) is 0 Å². The summed E-state index contributed by atoms with van der Waals surface area (Å²) in [6, 6.07) is 17.0. The van der Waals surface area contributed by atoms with Crippen LogP contribution in [0.15, 0.2) is 53.7 Å². The minimum absolute atomic E-state index is 0.0865. The fraction of sp³-hybridized carbons (Fsp3) is 0.333. The predicted molar refractivity (Wildman–Crippen MR) is 126 cm³/mol. The Labute approximate surface area is 186 Å². The van der Waals surface area contributed by atoms with Crippen LogP contribution in [0.1, 0.15) is 37.8 Å². The molecule has 0 atom stereocenters. The molecule has 0 aliphatic carbocycles. The van der Waals surface area contributed by atoms with Gasteiger partial charge in [0.05, 0.1) is 5.52 Å². The summed E-state index contributed by atoms with van der Waals surface area (Å²) in [6.45, 7) is 6.75. The third kappa shape index (κ3) is 5.05. The number of benzene rings is 2. The van der Waals surface area contributed by atoms with Gasteiger partial charge < -0.3 is 9.88 Å². The molecule has 0 saturated carbocycles. The highest BCUT2D eigenvalue weighted by Gasteiger charge is 2.16. The lowest BCUT2D eigenvalue weighted by Gasteiger charge is -2.08. The van der Waals surface area contributed by atoms with Gasteiger partial charge in [-0.1, -0.05) is 53.7 Å². The van der Waals surface area contributed by atoms with Gasteiger partial charge in [-0.2, -0.15) is 0 Å². The molecular weight excluding hydrogens is 406 g/mol. The molecule has 0 unspecified atom stereocenters. The first-order chi connectivity index (χ1) is 15.0. The van der Waals surface area contributed by atoms with Crippen molar-refractivity contribution >= 4 is 39.7 Å². The van der Waals surface area contributed by atoms with E-state index in [-0.39, 0.29) is 11.9 Å². The lowest BCUT2D eigenvalue weighted by molar-refractivity contribution is -0.121. The number of fused-ring (bicyclic) bond motifs is 3. The Morgan fingerprint density at radius 3 is 2.71 bits per heavy atom. The minimum Gasteiger partial charge on any atom is -0.354 e. The Kier molecular flexibility index (Phi) is 6.51. The summed E-state index contributed by atoms with van der Waals surface area (Å²) < 4.78 is 2.22. The van der Waals surface area contributed by atoms with Crippen LogP contribution in [0.25, 0.3) is 22.1 Å². The maximum atomic E-state index is 11.8. The van der Waals surface area contributed by atoms with Gasteiger partial charge in [-0.3, -0.25) is 4.79 Å². The number of carbonyl (C=O) groups excluding carboxylic acids is 1. The molecule has 0 aliphatic heterocycles. The molecular formula is C24H27N5OS. The third-order valence-electron chi connectivity index (χ3n) is 5.02. The number of nitrogens with zero attached hydrogens (tertiary/aromatic N) is 4. The van der Waals surface area contributed by atoms with Crippen molar-refractivity contribution < 1.29 is 4.79 Å². The lowest BCUT2D eigenvalue weighted by atomic mass is 10.1. The summed E-state index contributed by atoms with van der Waals surface area (Å²) in [5.74, 6) is 0.861. The average Bonchev–Trinajstić information content (AvgIpc) is 3.04. The van der Waals surface area contributed by atoms with Gasteiger partial charge in [0.25, 0.3) is 0 Å². The molecule has 0 bridgehead atoms. The molecule has 160 valence electrons. The Balaban J connectivity index is 1.59. The van der Waals surface area contributed by atoms with E-state index in [1.807, 2.05) is 19.9 Å². The largest absolute Gasteiger partial charge is 0.354 e. The minimum atomic E-state index is 0.0865. The smallest absolute Gasteiger partial charge is 0.220 e. The number of carbonyl (C=O) groups is 1. The standard InChI is InChI=1S/C24H27N5OS/c1-16(2)25-21(30)10-7-13-31-24-26-23-22(27-28-24)19-14-17(3)11-12-20(19)29(23)15-18-8-5-4-6-9-18/h4-6,8-9,11-12,14,16H,7,10,13,15H2,1-3H3,(H,25,30). The van der Waals surface area contributed by atoms with E-state index in [2.05, 4.69) is 69.5 Å². The normalized spacial score (nSPS) is 11.5. The first-order valence-corrected chi connectivity index (χ1v) is 11.6. The quantitative estimate of drug-likeness (QED) is 0.321. The molecule has 0 aliphatic rings. The summed E-state index contributed by atoms with van der Waals surface area (Å²) in [6.07, 6.45) is 1.28. The molecule has 0 saturated heterocycles. The molecule has 31 heavy (non-hydrogen) atoms. The van der Waals surface area contributed by atoms with Crippen molar-refractivity contribution in [3.63, 3.8) is 0 Å². The van der Waals surface area contributed by atoms with Crippen LogP contribution in [0.3, 0.4) is 0 Å². The zero-order chi connectivity index (χ0) is 21.8. The second-order valence-corrected chi connectivity index (χ2v) is 9.10. The van der Waals surface area contributed by atoms with E-state index in [0.29, 0.717) is 11.6 Å². The van der Waals surface area contributed by atoms with Crippen LogP contribution >= 0.6 is 11.8 Å². The fourth-order valence-corrected chi connectivity index (χ4v) is 4.35. The number of thioether (sulfide) groups is 1. The molecule has 0 radical (unpaired) electrons. The Morgan fingerprint density at radius 2 is 1.94 bits per heavy atom. The van der Waals surface area contributed by atoms with Crippen LogP contribution in [-0.4, -0.2) is 37.5 Å². The SMILES string of the molecule is Cc1ccc2c(c1)c1nnc(SCCCC(=O)NC(C)C)nc1n2Cc1ccccc1. The second kappa shape index (κ2) is 9.47.